The summed E-state index contributed by atoms with van der Waals surface area (Å²) in [5.74, 6) is 0. The van der Waals surface area contributed by atoms with E-state index >= 15 is 0 Å². The van der Waals surface area contributed by atoms with E-state index in [2.05, 4.69) is 4.98 Å². The summed E-state index contributed by atoms with van der Waals surface area (Å²) in [6, 6.07) is 9.67. The van der Waals surface area contributed by atoms with Gasteiger partial charge in [0, 0.05) is 5.69 Å². The van der Waals surface area contributed by atoms with Crippen LogP contribution in [0.15, 0.2) is 42.5 Å². The molecule has 0 saturated heterocycles. The molecule has 2 nitrogen and oxygen atoms in total. The van der Waals surface area contributed by atoms with Crippen LogP contribution in [0, 0.1) is 6.92 Å². The van der Waals surface area contributed by atoms with Crippen molar-refractivity contribution in [3.63, 3.8) is 0 Å². The highest BCUT2D eigenvalue weighted by molar-refractivity contribution is 5.31. The van der Waals surface area contributed by atoms with Crippen molar-refractivity contribution in [1.29, 1.82) is 0 Å². The van der Waals surface area contributed by atoms with Crippen molar-refractivity contribution < 1.29 is 18.3 Å². The number of hydrogen-bond acceptors (Lipinski definition) is 2. The van der Waals surface area contributed by atoms with Crippen LogP contribution in [-0.4, -0.2) is 10.1 Å². The fourth-order valence-electron chi connectivity index (χ4n) is 1.77. The number of hydrogen-bond donors (Lipinski definition) is 1. The number of aliphatic hydroxyl groups excluding tert-OH is 1. The summed E-state index contributed by atoms with van der Waals surface area (Å²) in [5.41, 5.74) is 0.424. The molecule has 1 heterocycles. The van der Waals surface area contributed by atoms with Gasteiger partial charge in [-0.2, -0.15) is 13.2 Å². The van der Waals surface area contributed by atoms with E-state index in [1.807, 2.05) is 0 Å². The van der Waals surface area contributed by atoms with Crippen LogP contribution in [0.5, 0.6) is 0 Å². The monoisotopic (exact) mass is 267 g/mol. The lowest BCUT2D eigenvalue weighted by Gasteiger charge is -2.13. The second-order valence-electron chi connectivity index (χ2n) is 4.23. The Morgan fingerprint density at radius 1 is 1.11 bits per heavy atom. The van der Waals surface area contributed by atoms with Crippen LogP contribution in [0.25, 0.3) is 0 Å². The molecule has 1 atom stereocenters. The second kappa shape index (κ2) is 5.01. The average Bonchev–Trinajstić information content (AvgIpc) is 2.37. The van der Waals surface area contributed by atoms with Crippen molar-refractivity contribution in [1.82, 2.24) is 4.98 Å². The molecule has 0 bridgehead atoms. The minimum atomic E-state index is -4.42. The Kier molecular flexibility index (Phi) is 3.57. The van der Waals surface area contributed by atoms with Gasteiger partial charge in [-0.15, -0.1) is 0 Å². The molecule has 0 aliphatic rings. The van der Waals surface area contributed by atoms with Crippen molar-refractivity contribution in [3.8, 4) is 0 Å². The maximum absolute atomic E-state index is 12.6. The molecule has 1 unspecified atom stereocenters. The number of rotatable bonds is 2. The van der Waals surface area contributed by atoms with Crippen LogP contribution < -0.4 is 0 Å². The van der Waals surface area contributed by atoms with Crippen molar-refractivity contribution in [2.24, 2.45) is 0 Å². The highest BCUT2D eigenvalue weighted by atomic mass is 19.4. The van der Waals surface area contributed by atoms with Crippen LogP contribution in [-0.2, 0) is 6.18 Å². The summed E-state index contributed by atoms with van der Waals surface area (Å²) in [6.45, 7) is 1.75. The minimum Gasteiger partial charge on any atom is -0.382 e. The first kappa shape index (κ1) is 13.5. The average molecular weight is 267 g/mol. The lowest BCUT2D eigenvalue weighted by Crippen LogP contribution is -2.08. The first-order valence-corrected chi connectivity index (χ1v) is 5.67. The minimum absolute atomic E-state index is 0.174. The van der Waals surface area contributed by atoms with Crippen molar-refractivity contribution in [2.45, 2.75) is 19.2 Å². The fourth-order valence-corrected chi connectivity index (χ4v) is 1.77. The number of halogens is 3. The summed E-state index contributed by atoms with van der Waals surface area (Å²) in [5, 5.41) is 10.1. The maximum Gasteiger partial charge on any atom is 0.416 e. The zero-order valence-electron chi connectivity index (χ0n) is 10.1. The molecule has 1 N–H and O–H groups in total. The number of aryl methyl sites for hydroxylation is 1. The molecule has 0 radical (unpaired) electrons. The summed E-state index contributed by atoms with van der Waals surface area (Å²) >= 11 is 0. The Hall–Kier alpha value is -1.88. The normalized spacial score (nSPS) is 13.3. The first-order chi connectivity index (χ1) is 8.88. The summed E-state index contributed by atoms with van der Waals surface area (Å²) in [7, 11) is 0. The number of aliphatic hydroxyl groups is 1. The summed E-state index contributed by atoms with van der Waals surface area (Å²) < 4.78 is 37.8. The van der Waals surface area contributed by atoms with Gasteiger partial charge in [0.1, 0.15) is 6.10 Å². The van der Waals surface area contributed by atoms with Gasteiger partial charge in [0.25, 0.3) is 0 Å². The summed E-state index contributed by atoms with van der Waals surface area (Å²) in [4.78, 5) is 4.11. The van der Waals surface area contributed by atoms with Crippen molar-refractivity contribution >= 4 is 0 Å². The number of pyridine rings is 1. The van der Waals surface area contributed by atoms with Crippen LogP contribution in [0.3, 0.4) is 0 Å². The number of alkyl halides is 3. The van der Waals surface area contributed by atoms with E-state index < -0.39 is 17.8 Å². The highest BCUT2D eigenvalue weighted by Crippen LogP contribution is 2.31. The zero-order valence-corrected chi connectivity index (χ0v) is 10.1. The van der Waals surface area contributed by atoms with E-state index in [-0.39, 0.29) is 5.56 Å². The van der Waals surface area contributed by atoms with Gasteiger partial charge in [-0.05, 0) is 36.8 Å². The van der Waals surface area contributed by atoms with E-state index in [9.17, 15) is 18.3 Å². The smallest absolute Gasteiger partial charge is 0.382 e. The molecule has 1 aromatic carbocycles. The van der Waals surface area contributed by atoms with E-state index in [0.29, 0.717) is 11.4 Å². The molecule has 100 valence electrons. The number of nitrogens with zero attached hydrogens (tertiary/aromatic N) is 1. The van der Waals surface area contributed by atoms with E-state index in [4.69, 9.17) is 0 Å². The molecular formula is C14H12F3NO. The molecule has 19 heavy (non-hydrogen) atoms. The van der Waals surface area contributed by atoms with E-state index in [1.54, 1.807) is 25.1 Å². The van der Waals surface area contributed by atoms with Crippen molar-refractivity contribution in [3.05, 3.63) is 65.0 Å². The first-order valence-electron chi connectivity index (χ1n) is 5.67. The Bertz CT molecular complexity index is 581. The number of benzene rings is 1. The molecule has 0 aliphatic heterocycles. The topological polar surface area (TPSA) is 33.1 Å². The quantitative estimate of drug-likeness (QED) is 0.903. The maximum atomic E-state index is 12.6. The van der Waals surface area contributed by atoms with Gasteiger partial charge >= 0.3 is 6.18 Å². The zero-order chi connectivity index (χ0) is 14.0. The molecule has 0 saturated carbocycles. The predicted molar refractivity (Wildman–Crippen MR) is 64.5 cm³/mol. The van der Waals surface area contributed by atoms with Gasteiger partial charge < -0.3 is 5.11 Å². The van der Waals surface area contributed by atoms with Gasteiger partial charge in [0.2, 0.25) is 0 Å². The predicted octanol–water partition coefficient (Wildman–Crippen LogP) is 3.49. The van der Waals surface area contributed by atoms with Gasteiger partial charge in [0.15, 0.2) is 0 Å². The van der Waals surface area contributed by atoms with Gasteiger partial charge in [-0.25, -0.2) is 0 Å². The molecule has 2 aromatic rings. The van der Waals surface area contributed by atoms with Crippen LogP contribution in [0.1, 0.15) is 28.6 Å². The molecular weight excluding hydrogens is 255 g/mol. The van der Waals surface area contributed by atoms with Crippen molar-refractivity contribution in [2.75, 3.05) is 0 Å². The molecule has 0 aliphatic carbocycles. The molecule has 1 aromatic heterocycles. The Labute approximate surface area is 108 Å². The van der Waals surface area contributed by atoms with E-state index in [1.165, 1.54) is 12.1 Å². The van der Waals surface area contributed by atoms with Gasteiger partial charge in [-0.3, -0.25) is 4.98 Å². The van der Waals surface area contributed by atoms with Gasteiger partial charge in [0.05, 0.1) is 11.3 Å². The summed E-state index contributed by atoms with van der Waals surface area (Å²) in [6.07, 6.45) is -5.59. The highest BCUT2D eigenvalue weighted by Gasteiger charge is 2.31. The molecule has 0 amide bonds. The Morgan fingerprint density at radius 3 is 2.42 bits per heavy atom. The van der Waals surface area contributed by atoms with Crippen LogP contribution in [0.4, 0.5) is 13.2 Å². The molecule has 0 spiro atoms. The lowest BCUT2D eigenvalue weighted by molar-refractivity contribution is -0.137. The van der Waals surface area contributed by atoms with Crippen LogP contribution >= 0.6 is 0 Å². The second-order valence-corrected chi connectivity index (χ2v) is 4.23. The molecule has 5 heteroatoms. The third kappa shape index (κ3) is 3.12. The molecule has 0 fully saturated rings. The third-order valence-corrected chi connectivity index (χ3v) is 2.72. The van der Waals surface area contributed by atoms with E-state index in [0.717, 1.165) is 12.1 Å². The van der Waals surface area contributed by atoms with Gasteiger partial charge in [-0.1, -0.05) is 18.2 Å². The lowest BCUT2D eigenvalue weighted by atomic mass is 10.0. The molecule has 2 rings (SSSR count). The Morgan fingerprint density at radius 2 is 1.79 bits per heavy atom. The SMILES string of the molecule is Cc1cccc(C(O)c2cccc(C(F)(F)F)c2)n1. The number of aromatic nitrogens is 1. The largest absolute Gasteiger partial charge is 0.416 e. The fraction of sp³-hybridized carbons (Fsp3) is 0.214. The Balaban J connectivity index is 2.37. The van der Waals surface area contributed by atoms with Crippen LogP contribution in [0.2, 0.25) is 0 Å². The standard InChI is InChI=1S/C14H12F3NO/c1-9-4-2-7-12(18-9)13(19)10-5-3-6-11(8-10)14(15,16)17/h2-8,13,19H,1H3. The third-order valence-electron chi connectivity index (χ3n) is 2.72.